The van der Waals surface area contributed by atoms with E-state index >= 15 is 0 Å². The summed E-state index contributed by atoms with van der Waals surface area (Å²) in [6, 6.07) is 16.5. The molecule has 3 aromatic rings. The van der Waals surface area contributed by atoms with Crippen LogP contribution in [0.15, 0.2) is 60.9 Å². The average Bonchev–Trinajstić information content (AvgIpc) is 3.30. The van der Waals surface area contributed by atoms with E-state index in [0.29, 0.717) is 0 Å². The van der Waals surface area contributed by atoms with Crippen LogP contribution in [0.25, 0.3) is 5.69 Å². The highest BCUT2D eigenvalue weighted by Gasteiger charge is 2.40. The lowest BCUT2D eigenvalue weighted by molar-refractivity contribution is 0.309. The fourth-order valence-electron chi connectivity index (χ4n) is 3.86. The molecule has 144 valence electrons. The molecule has 4 rings (SSSR count). The van der Waals surface area contributed by atoms with Crippen molar-refractivity contribution < 1.29 is 0 Å². The van der Waals surface area contributed by atoms with Crippen LogP contribution >= 0.6 is 23.8 Å². The van der Waals surface area contributed by atoms with Gasteiger partial charge in [0.1, 0.15) is 0 Å². The zero-order chi connectivity index (χ0) is 19.7. The Morgan fingerprint density at radius 1 is 1.18 bits per heavy atom. The Kier molecular flexibility index (Phi) is 5.38. The molecule has 28 heavy (non-hydrogen) atoms. The van der Waals surface area contributed by atoms with Crippen molar-refractivity contribution in [2.24, 2.45) is 0 Å². The predicted octanol–water partition coefficient (Wildman–Crippen LogP) is 5.22. The van der Waals surface area contributed by atoms with Crippen molar-refractivity contribution in [1.29, 1.82) is 0 Å². The number of benzene rings is 1. The van der Waals surface area contributed by atoms with E-state index in [-0.39, 0.29) is 12.1 Å². The van der Waals surface area contributed by atoms with Gasteiger partial charge >= 0.3 is 0 Å². The highest BCUT2D eigenvalue weighted by Crippen LogP contribution is 2.39. The van der Waals surface area contributed by atoms with Gasteiger partial charge in [0, 0.05) is 35.3 Å². The summed E-state index contributed by atoms with van der Waals surface area (Å²) in [5.41, 5.74) is 4.33. The van der Waals surface area contributed by atoms with Crippen LogP contribution in [0.1, 0.15) is 42.4 Å². The summed E-state index contributed by atoms with van der Waals surface area (Å²) >= 11 is 11.9. The first-order chi connectivity index (χ1) is 13.6. The van der Waals surface area contributed by atoms with Crippen LogP contribution in [0.5, 0.6) is 0 Å². The molecule has 0 bridgehead atoms. The summed E-state index contributed by atoms with van der Waals surface area (Å²) < 4.78 is 2.22. The number of hydrogen-bond acceptors (Lipinski definition) is 2. The van der Waals surface area contributed by atoms with Crippen LogP contribution in [-0.2, 0) is 0 Å². The normalized spacial score (nSPS) is 19.1. The Hall–Kier alpha value is -2.37. The summed E-state index contributed by atoms with van der Waals surface area (Å²) in [5.74, 6) is 0. The van der Waals surface area contributed by atoms with E-state index in [4.69, 9.17) is 23.8 Å². The first-order valence-electron chi connectivity index (χ1n) is 9.52. The smallest absolute Gasteiger partial charge is 0.170 e. The molecule has 2 atom stereocenters. The molecule has 3 heterocycles. The first-order valence-corrected chi connectivity index (χ1v) is 10.3. The number of rotatable bonds is 5. The summed E-state index contributed by atoms with van der Waals surface area (Å²) in [5, 5.41) is 5.06. The number of nitrogens with one attached hydrogen (secondary N) is 1. The zero-order valence-corrected chi connectivity index (χ0v) is 17.5. The van der Waals surface area contributed by atoms with Gasteiger partial charge in [-0.1, -0.05) is 24.6 Å². The summed E-state index contributed by atoms with van der Waals surface area (Å²) in [6.45, 7) is 5.10. The lowest BCUT2D eigenvalue weighted by Gasteiger charge is -2.28. The molecule has 2 aromatic heterocycles. The van der Waals surface area contributed by atoms with Crippen molar-refractivity contribution in [3.8, 4) is 5.69 Å². The minimum Gasteiger partial charge on any atom is -0.352 e. The Morgan fingerprint density at radius 3 is 2.75 bits per heavy atom. The Bertz CT molecular complexity index is 985. The van der Waals surface area contributed by atoms with Crippen LogP contribution in [0.3, 0.4) is 0 Å². The van der Waals surface area contributed by atoms with Gasteiger partial charge in [-0.15, -0.1) is 0 Å². The molecular weight excluding hydrogens is 388 g/mol. The minimum absolute atomic E-state index is 0.00213. The number of aryl methyl sites for hydroxylation is 1. The fraction of sp³-hybridized carbons (Fsp3) is 0.273. The molecule has 1 aromatic carbocycles. The van der Waals surface area contributed by atoms with E-state index in [1.807, 2.05) is 31.3 Å². The maximum Gasteiger partial charge on any atom is 0.170 e. The van der Waals surface area contributed by atoms with Crippen molar-refractivity contribution in [2.45, 2.75) is 32.4 Å². The predicted molar refractivity (Wildman–Crippen MR) is 118 cm³/mol. The number of hydrogen-bond donors (Lipinski definition) is 1. The van der Waals surface area contributed by atoms with Crippen molar-refractivity contribution >= 4 is 28.9 Å². The third kappa shape index (κ3) is 3.40. The molecule has 0 unspecified atom stereocenters. The van der Waals surface area contributed by atoms with Crippen LogP contribution in [0, 0.1) is 6.92 Å². The van der Waals surface area contributed by atoms with Crippen molar-refractivity contribution in [2.75, 3.05) is 6.54 Å². The third-order valence-electron chi connectivity index (χ3n) is 5.17. The van der Waals surface area contributed by atoms with E-state index in [1.54, 1.807) is 0 Å². The molecule has 4 nitrogen and oxygen atoms in total. The Balaban J connectivity index is 1.81. The van der Waals surface area contributed by atoms with Gasteiger partial charge in [-0.3, -0.25) is 4.98 Å². The van der Waals surface area contributed by atoms with Gasteiger partial charge in [-0.05, 0) is 73.6 Å². The van der Waals surface area contributed by atoms with Gasteiger partial charge < -0.3 is 14.8 Å². The standard InChI is InChI=1S/C22H23ClN4S/c1-3-12-27-21(20(25-22(27)28)18-7-4-5-11-24-18)19-8-6-13-26(19)16-9-10-17(23)15(2)14-16/h4-11,13-14,20-21H,3,12H2,1-2H3,(H,25,28)/t20-,21-/m0/s1. The molecule has 1 aliphatic rings. The van der Waals surface area contributed by atoms with Crippen molar-refractivity contribution in [3.63, 3.8) is 0 Å². The number of pyridine rings is 1. The quantitative estimate of drug-likeness (QED) is 0.585. The molecule has 1 N–H and O–H groups in total. The second-order valence-electron chi connectivity index (χ2n) is 7.06. The molecule has 0 radical (unpaired) electrons. The Labute approximate surface area is 176 Å². The van der Waals surface area contributed by atoms with Gasteiger partial charge in [0.15, 0.2) is 5.11 Å². The first kappa shape index (κ1) is 19.0. The second kappa shape index (κ2) is 7.94. The van der Waals surface area contributed by atoms with Crippen LogP contribution < -0.4 is 5.32 Å². The van der Waals surface area contributed by atoms with Crippen LogP contribution in [0.2, 0.25) is 5.02 Å². The summed E-state index contributed by atoms with van der Waals surface area (Å²) in [6.07, 6.45) is 4.95. The largest absolute Gasteiger partial charge is 0.352 e. The highest BCUT2D eigenvalue weighted by atomic mass is 35.5. The summed E-state index contributed by atoms with van der Waals surface area (Å²) in [4.78, 5) is 6.88. The fourth-order valence-corrected chi connectivity index (χ4v) is 4.31. The molecular formula is C22H23ClN4S. The lowest BCUT2D eigenvalue weighted by Crippen LogP contribution is -2.31. The van der Waals surface area contributed by atoms with E-state index in [0.717, 1.165) is 40.0 Å². The van der Waals surface area contributed by atoms with Crippen LogP contribution in [-0.4, -0.2) is 26.1 Å². The van der Waals surface area contributed by atoms with E-state index in [2.05, 4.69) is 63.2 Å². The monoisotopic (exact) mass is 410 g/mol. The van der Waals surface area contributed by atoms with E-state index < -0.39 is 0 Å². The van der Waals surface area contributed by atoms with Crippen molar-refractivity contribution in [3.05, 3.63) is 82.9 Å². The van der Waals surface area contributed by atoms with E-state index in [1.165, 1.54) is 5.69 Å². The average molecular weight is 411 g/mol. The van der Waals surface area contributed by atoms with Gasteiger partial charge in [0.25, 0.3) is 0 Å². The number of nitrogens with zero attached hydrogens (tertiary/aromatic N) is 3. The molecule has 6 heteroatoms. The minimum atomic E-state index is 0.00213. The van der Waals surface area contributed by atoms with Gasteiger partial charge in [-0.25, -0.2) is 0 Å². The summed E-state index contributed by atoms with van der Waals surface area (Å²) in [7, 11) is 0. The molecule has 0 saturated carbocycles. The molecule has 0 aliphatic carbocycles. The van der Waals surface area contributed by atoms with E-state index in [9.17, 15) is 0 Å². The molecule has 1 aliphatic heterocycles. The van der Waals surface area contributed by atoms with Crippen LogP contribution in [0.4, 0.5) is 0 Å². The SMILES string of the molecule is CCCN1C(=S)N[C@@H](c2ccccn2)[C@@H]1c1cccn1-c1ccc(Cl)c(C)c1. The molecule has 0 amide bonds. The maximum atomic E-state index is 6.24. The number of aromatic nitrogens is 2. The Morgan fingerprint density at radius 2 is 2.04 bits per heavy atom. The maximum absolute atomic E-state index is 6.24. The molecule has 1 saturated heterocycles. The zero-order valence-electron chi connectivity index (χ0n) is 16.0. The van der Waals surface area contributed by atoms with Gasteiger partial charge in [0.05, 0.1) is 17.8 Å². The number of thiocarbonyl (C=S) groups is 1. The highest BCUT2D eigenvalue weighted by molar-refractivity contribution is 7.80. The molecule has 0 spiro atoms. The van der Waals surface area contributed by atoms with Gasteiger partial charge in [-0.2, -0.15) is 0 Å². The number of halogens is 1. The van der Waals surface area contributed by atoms with Gasteiger partial charge in [0.2, 0.25) is 0 Å². The molecule has 1 fully saturated rings. The lowest BCUT2D eigenvalue weighted by atomic mass is 10.0. The van der Waals surface area contributed by atoms with Crippen molar-refractivity contribution in [1.82, 2.24) is 19.8 Å². The topological polar surface area (TPSA) is 33.1 Å². The second-order valence-corrected chi connectivity index (χ2v) is 7.85. The third-order valence-corrected chi connectivity index (χ3v) is 5.94.